The van der Waals surface area contributed by atoms with E-state index in [1.54, 1.807) is 18.5 Å². The van der Waals surface area contributed by atoms with Crippen molar-refractivity contribution in [2.45, 2.75) is 38.1 Å². The molecule has 1 N–H and O–H groups in total. The maximum atomic E-state index is 14.0. The quantitative estimate of drug-likeness (QED) is 0.697. The van der Waals surface area contributed by atoms with Crippen molar-refractivity contribution in [3.05, 3.63) is 53.9 Å². The average molecular weight is 395 g/mol. The molecule has 1 aliphatic heterocycles. The average Bonchev–Trinajstić information content (AvgIpc) is 3.54. The number of rotatable bonds is 5. The highest BCUT2D eigenvalue weighted by atomic mass is 19.1. The molecule has 3 heterocycles. The van der Waals surface area contributed by atoms with Crippen molar-refractivity contribution < 1.29 is 8.78 Å². The van der Waals surface area contributed by atoms with Gasteiger partial charge in [0.2, 0.25) is 0 Å². The van der Waals surface area contributed by atoms with E-state index in [0.29, 0.717) is 23.9 Å². The standard InChI is InChI=1S/C22H23F2N5/c23-16-2-1-15(18(24)12-16)11-14-6-9-29(10-7-14)22-21(26-17-3-4-17)27-20-13-25-8-5-19(20)28-22/h1-2,5,8,12-14,17H,3-4,6-7,9-11H2,(H,26,27). The van der Waals surface area contributed by atoms with Gasteiger partial charge in [0.05, 0.1) is 11.7 Å². The van der Waals surface area contributed by atoms with Crippen molar-refractivity contribution in [1.82, 2.24) is 15.0 Å². The monoisotopic (exact) mass is 395 g/mol. The molecule has 0 spiro atoms. The molecule has 2 fully saturated rings. The third kappa shape index (κ3) is 3.99. The zero-order valence-electron chi connectivity index (χ0n) is 16.1. The molecule has 0 unspecified atom stereocenters. The van der Waals surface area contributed by atoms with Crippen molar-refractivity contribution >= 4 is 22.7 Å². The van der Waals surface area contributed by atoms with Crippen LogP contribution in [0.2, 0.25) is 0 Å². The lowest BCUT2D eigenvalue weighted by molar-refractivity contribution is 0.396. The summed E-state index contributed by atoms with van der Waals surface area (Å²) in [6, 6.07) is 6.24. The van der Waals surface area contributed by atoms with Gasteiger partial charge in [0.15, 0.2) is 11.6 Å². The molecule has 150 valence electrons. The molecular formula is C22H23F2N5. The first-order valence-corrected chi connectivity index (χ1v) is 10.2. The molecule has 5 nitrogen and oxygen atoms in total. The Hall–Kier alpha value is -2.83. The van der Waals surface area contributed by atoms with E-state index in [0.717, 1.165) is 67.5 Å². The Kier molecular flexibility index (Phi) is 4.73. The van der Waals surface area contributed by atoms with Crippen LogP contribution in [0, 0.1) is 17.6 Å². The van der Waals surface area contributed by atoms with Crippen LogP contribution in [-0.2, 0) is 6.42 Å². The maximum Gasteiger partial charge on any atom is 0.172 e. The third-order valence-corrected chi connectivity index (χ3v) is 5.80. The highest BCUT2D eigenvalue weighted by molar-refractivity contribution is 5.80. The van der Waals surface area contributed by atoms with E-state index in [9.17, 15) is 8.78 Å². The number of hydrogen-bond acceptors (Lipinski definition) is 5. The van der Waals surface area contributed by atoms with Crippen LogP contribution in [-0.4, -0.2) is 34.1 Å². The Labute approximate surface area is 168 Å². The highest BCUT2D eigenvalue weighted by Crippen LogP contribution is 2.33. The van der Waals surface area contributed by atoms with Crippen molar-refractivity contribution in [3.63, 3.8) is 0 Å². The summed E-state index contributed by atoms with van der Waals surface area (Å²) in [7, 11) is 0. The van der Waals surface area contributed by atoms with Crippen LogP contribution in [0.15, 0.2) is 36.7 Å². The minimum atomic E-state index is -0.526. The van der Waals surface area contributed by atoms with Crippen molar-refractivity contribution in [2.75, 3.05) is 23.3 Å². The first-order valence-electron chi connectivity index (χ1n) is 10.2. The lowest BCUT2D eigenvalue weighted by Crippen LogP contribution is -2.35. The topological polar surface area (TPSA) is 53.9 Å². The number of halogens is 2. The number of pyridine rings is 1. The molecule has 0 atom stereocenters. The van der Waals surface area contributed by atoms with Crippen molar-refractivity contribution in [2.24, 2.45) is 5.92 Å². The van der Waals surface area contributed by atoms with Gasteiger partial charge in [0, 0.05) is 31.4 Å². The molecule has 1 saturated heterocycles. The van der Waals surface area contributed by atoms with Gasteiger partial charge in [-0.15, -0.1) is 0 Å². The maximum absolute atomic E-state index is 14.0. The van der Waals surface area contributed by atoms with Crippen LogP contribution in [0.3, 0.4) is 0 Å². The van der Waals surface area contributed by atoms with Crippen LogP contribution < -0.4 is 10.2 Å². The largest absolute Gasteiger partial charge is 0.364 e. The molecule has 1 aromatic carbocycles. The Bertz CT molecular complexity index is 1030. The van der Waals surface area contributed by atoms with Gasteiger partial charge < -0.3 is 10.2 Å². The van der Waals surface area contributed by atoms with Crippen LogP contribution in [0.25, 0.3) is 11.0 Å². The van der Waals surface area contributed by atoms with Gasteiger partial charge in [-0.05, 0) is 55.7 Å². The lowest BCUT2D eigenvalue weighted by atomic mass is 9.90. The summed E-state index contributed by atoms with van der Waals surface area (Å²) in [5.74, 6) is 1.13. The number of aromatic nitrogens is 3. The molecule has 2 aliphatic rings. The van der Waals surface area contributed by atoms with Crippen molar-refractivity contribution in [1.29, 1.82) is 0 Å². The number of hydrogen-bond donors (Lipinski definition) is 1. The molecule has 3 aromatic rings. The van der Waals surface area contributed by atoms with Gasteiger partial charge in [-0.1, -0.05) is 6.07 Å². The molecule has 5 rings (SSSR count). The van der Waals surface area contributed by atoms with E-state index in [1.165, 1.54) is 6.07 Å². The normalized spacial score (nSPS) is 17.7. The van der Waals surface area contributed by atoms with Gasteiger partial charge in [0.25, 0.3) is 0 Å². The van der Waals surface area contributed by atoms with Gasteiger partial charge in [-0.25, -0.2) is 18.7 Å². The summed E-state index contributed by atoms with van der Waals surface area (Å²) in [4.78, 5) is 16.1. The minimum Gasteiger partial charge on any atom is -0.364 e. The van der Waals surface area contributed by atoms with Crippen LogP contribution in [0.5, 0.6) is 0 Å². The molecule has 0 amide bonds. The minimum absolute atomic E-state index is 0.378. The summed E-state index contributed by atoms with van der Waals surface area (Å²) in [5.41, 5.74) is 2.23. The van der Waals surface area contributed by atoms with E-state index >= 15 is 0 Å². The number of anilines is 2. The number of nitrogens with one attached hydrogen (secondary N) is 1. The van der Waals surface area contributed by atoms with Crippen LogP contribution in [0.1, 0.15) is 31.2 Å². The third-order valence-electron chi connectivity index (χ3n) is 5.80. The number of fused-ring (bicyclic) bond motifs is 1. The van der Waals surface area contributed by atoms with Gasteiger partial charge in [-0.2, -0.15) is 0 Å². The first kappa shape index (κ1) is 18.2. The number of nitrogens with zero attached hydrogens (tertiary/aromatic N) is 4. The Morgan fingerprint density at radius 3 is 2.59 bits per heavy atom. The fourth-order valence-electron chi connectivity index (χ4n) is 3.98. The van der Waals surface area contributed by atoms with Crippen molar-refractivity contribution in [3.8, 4) is 0 Å². The second-order valence-electron chi connectivity index (χ2n) is 8.05. The summed E-state index contributed by atoms with van der Waals surface area (Å²) >= 11 is 0. The van der Waals surface area contributed by atoms with Crippen LogP contribution in [0.4, 0.5) is 20.4 Å². The van der Waals surface area contributed by atoms with E-state index in [2.05, 4.69) is 15.2 Å². The predicted octanol–water partition coefficient (Wildman–Crippen LogP) is 4.34. The Balaban J connectivity index is 1.32. The molecule has 0 radical (unpaired) electrons. The molecule has 0 bridgehead atoms. The molecule has 29 heavy (non-hydrogen) atoms. The molecule has 7 heteroatoms. The fourth-order valence-corrected chi connectivity index (χ4v) is 3.98. The first-order chi connectivity index (χ1) is 14.2. The highest BCUT2D eigenvalue weighted by Gasteiger charge is 2.27. The molecular weight excluding hydrogens is 372 g/mol. The molecule has 1 saturated carbocycles. The Morgan fingerprint density at radius 1 is 1.00 bits per heavy atom. The van der Waals surface area contributed by atoms with E-state index in [-0.39, 0.29) is 0 Å². The Morgan fingerprint density at radius 2 is 1.83 bits per heavy atom. The van der Waals surface area contributed by atoms with Gasteiger partial charge in [0.1, 0.15) is 17.2 Å². The predicted molar refractivity (Wildman–Crippen MR) is 109 cm³/mol. The SMILES string of the molecule is Fc1ccc(CC2CCN(c3nc4ccncc4nc3NC3CC3)CC2)c(F)c1. The number of piperidine rings is 1. The number of benzene rings is 1. The van der Waals surface area contributed by atoms with E-state index < -0.39 is 11.6 Å². The second-order valence-corrected chi connectivity index (χ2v) is 8.05. The zero-order chi connectivity index (χ0) is 19.8. The molecule has 1 aliphatic carbocycles. The van der Waals surface area contributed by atoms with E-state index in [1.807, 2.05) is 6.07 Å². The second kappa shape index (κ2) is 7.54. The van der Waals surface area contributed by atoms with E-state index in [4.69, 9.17) is 9.97 Å². The van der Waals surface area contributed by atoms with Gasteiger partial charge in [-0.3, -0.25) is 4.98 Å². The summed E-state index contributed by atoms with van der Waals surface area (Å²) in [6.45, 7) is 1.69. The zero-order valence-corrected chi connectivity index (χ0v) is 16.1. The lowest BCUT2D eigenvalue weighted by Gasteiger charge is -2.33. The molecule has 2 aromatic heterocycles. The van der Waals surface area contributed by atoms with Gasteiger partial charge >= 0.3 is 0 Å². The summed E-state index contributed by atoms with van der Waals surface area (Å²) < 4.78 is 27.1. The summed E-state index contributed by atoms with van der Waals surface area (Å²) in [6.07, 6.45) is 8.33. The fraction of sp³-hybridized carbons (Fsp3) is 0.409. The smallest absolute Gasteiger partial charge is 0.172 e. The van der Waals surface area contributed by atoms with Crippen LogP contribution >= 0.6 is 0 Å². The summed E-state index contributed by atoms with van der Waals surface area (Å²) in [5, 5.41) is 3.51.